The van der Waals surface area contributed by atoms with Crippen LogP contribution in [0.4, 0.5) is 0 Å². The Morgan fingerprint density at radius 1 is 1.29 bits per heavy atom. The summed E-state index contributed by atoms with van der Waals surface area (Å²) in [6.07, 6.45) is 3.14. The quantitative estimate of drug-likeness (QED) is 0.784. The maximum Gasteiger partial charge on any atom is 0.105 e. The van der Waals surface area contributed by atoms with Crippen molar-refractivity contribution in [3.05, 3.63) is 23.7 Å². The molecule has 2 heteroatoms. The zero-order valence-corrected chi connectivity index (χ0v) is 9.42. The van der Waals surface area contributed by atoms with Crippen molar-refractivity contribution in [2.75, 3.05) is 0 Å². The third kappa shape index (κ3) is 3.97. The van der Waals surface area contributed by atoms with Gasteiger partial charge in [-0.1, -0.05) is 13.8 Å². The van der Waals surface area contributed by atoms with Gasteiger partial charge < -0.3 is 10.2 Å². The van der Waals surface area contributed by atoms with Crippen LogP contribution in [0.1, 0.15) is 38.2 Å². The fourth-order valence-electron chi connectivity index (χ4n) is 1.50. The fourth-order valence-corrected chi connectivity index (χ4v) is 1.50. The Morgan fingerprint density at radius 3 is 2.50 bits per heavy atom. The van der Waals surface area contributed by atoms with E-state index < -0.39 is 0 Å². The van der Waals surface area contributed by atoms with Gasteiger partial charge in [0.25, 0.3) is 0 Å². The van der Waals surface area contributed by atoms with Gasteiger partial charge in [0.1, 0.15) is 11.5 Å². The summed E-state index contributed by atoms with van der Waals surface area (Å²) in [7, 11) is 0. The van der Waals surface area contributed by atoms with Crippen LogP contribution >= 0.6 is 0 Å². The van der Waals surface area contributed by atoms with Crippen molar-refractivity contribution in [1.82, 2.24) is 0 Å². The van der Waals surface area contributed by atoms with Gasteiger partial charge in [-0.2, -0.15) is 0 Å². The second-order valence-corrected chi connectivity index (χ2v) is 4.45. The number of hydrogen-bond donors (Lipinski definition) is 1. The summed E-state index contributed by atoms with van der Waals surface area (Å²) in [5.74, 6) is 2.72. The molecule has 1 aromatic heterocycles. The molecule has 0 spiro atoms. The average Bonchev–Trinajstić information content (AvgIpc) is 2.48. The van der Waals surface area contributed by atoms with Crippen molar-refractivity contribution in [3.63, 3.8) is 0 Å². The van der Waals surface area contributed by atoms with E-state index in [9.17, 15) is 0 Å². The highest BCUT2D eigenvalue weighted by molar-refractivity contribution is 5.06. The zero-order chi connectivity index (χ0) is 10.6. The van der Waals surface area contributed by atoms with Crippen LogP contribution in [0, 0.1) is 12.8 Å². The Bertz CT molecular complexity index is 265. The summed E-state index contributed by atoms with van der Waals surface area (Å²) < 4.78 is 5.48. The average molecular weight is 195 g/mol. The van der Waals surface area contributed by atoms with E-state index in [1.165, 1.54) is 6.42 Å². The van der Waals surface area contributed by atoms with Crippen LogP contribution in [0.15, 0.2) is 16.5 Å². The molecule has 80 valence electrons. The molecule has 1 rings (SSSR count). The molecule has 0 aliphatic carbocycles. The normalized spacial score (nSPS) is 13.5. The Balaban J connectivity index is 2.30. The molecule has 0 radical (unpaired) electrons. The fraction of sp³-hybridized carbons (Fsp3) is 0.667. The van der Waals surface area contributed by atoms with Crippen molar-refractivity contribution in [2.45, 2.75) is 46.1 Å². The second-order valence-electron chi connectivity index (χ2n) is 4.45. The Morgan fingerprint density at radius 2 is 2.00 bits per heavy atom. The molecule has 1 aromatic rings. The first-order chi connectivity index (χ1) is 6.58. The molecule has 0 saturated heterocycles. The topological polar surface area (TPSA) is 39.2 Å². The predicted molar refractivity (Wildman–Crippen MR) is 59.2 cm³/mol. The minimum atomic E-state index is 0.239. The molecule has 1 atom stereocenters. The van der Waals surface area contributed by atoms with Gasteiger partial charge in [-0.15, -0.1) is 0 Å². The zero-order valence-electron chi connectivity index (χ0n) is 9.42. The summed E-state index contributed by atoms with van der Waals surface area (Å²) in [4.78, 5) is 0. The molecule has 0 amide bonds. The van der Waals surface area contributed by atoms with E-state index in [0.29, 0.717) is 0 Å². The minimum absolute atomic E-state index is 0.239. The lowest BCUT2D eigenvalue weighted by Gasteiger charge is -2.11. The van der Waals surface area contributed by atoms with Gasteiger partial charge in [-0.3, -0.25) is 0 Å². The number of aryl methyl sites for hydroxylation is 1. The van der Waals surface area contributed by atoms with Gasteiger partial charge in [-0.05, 0) is 37.8 Å². The van der Waals surface area contributed by atoms with Crippen molar-refractivity contribution >= 4 is 0 Å². The molecule has 2 nitrogen and oxygen atoms in total. The highest BCUT2D eigenvalue weighted by Crippen LogP contribution is 2.12. The van der Waals surface area contributed by atoms with E-state index in [1.54, 1.807) is 0 Å². The summed E-state index contributed by atoms with van der Waals surface area (Å²) in [5, 5.41) is 0. The summed E-state index contributed by atoms with van der Waals surface area (Å²) in [6.45, 7) is 6.41. The van der Waals surface area contributed by atoms with Crippen LogP contribution in [0.5, 0.6) is 0 Å². The minimum Gasteiger partial charge on any atom is -0.466 e. The first kappa shape index (κ1) is 11.3. The lowest BCUT2D eigenvalue weighted by Crippen LogP contribution is -2.22. The van der Waals surface area contributed by atoms with Crippen LogP contribution < -0.4 is 5.73 Å². The SMILES string of the molecule is Cc1ccc(CC(N)CCC(C)C)o1. The maximum absolute atomic E-state index is 6.00. The maximum atomic E-state index is 6.00. The Labute approximate surface area is 86.5 Å². The standard InChI is InChI=1S/C12H21NO/c1-9(2)4-6-11(13)8-12-7-5-10(3)14-12/h5,7,9,11H,4,6,8,13H2,1-3H3. The lowest BCUT2D eigenvalue weighted by molar-refractivity contribution is 0.436. The molecule has 2 N–H and O–H groups in total. The molecule has 0 aliphatic heterocycles. The number of hydrogen-bond acceptors (Lipinski definition) is 2. The third-order valence-electron chi connectivity index (χ3n) is 2.37. The first-order valence-electron chi connectivity index (χ1n) is 5.39. The van der Waals surface area contributed by atoms with Crippen molar-refractivity contribution in [1.29, 1.82) is 0 Å². The third-order valence-corrected chi connectivity index (χ3v) is 2.37. The summed E-state index contributed by atoms with van der Waals surface area (Å²) >= 11 is 0. The van der Waals surface area contributed by atoms with Gasteiger partial charge in [0, 0.05) is 12.5 Å². The van der Waals surface area contributed by atoms with E-state index in [1.807, 2.05) is 19.1 Å². The Kier molecular flexibility index (Phi) is 4.21. The molecule has 0 bridgehead atoms. The molecule has 0 saturated carbocycles. The first-order valence-corrected chi connectivity index (χ1v) is 5.39. The molecular weight excluding hydrogens is 174 g/mol. The van der Waals surface area contributed by atoms with Gasteiger partial charge in [-0.25, -0.2) is 0 Å². The molecule has 14 heavy (non-hydrogen) atoms. The van der Waals surface area contributed by atoms with Crippen LogP contribution in [0.2, 0.25) is 0 Å². The van der Waals surface area contributed by atoms with Crippen LogP contribution in [-0.4, -0.2) is 6.04 Å². The molecule has 1 heterocycles. The second kappa shape index (κ2) is 5.20. The largest absolute Gasteiger partial charge is 0.466 e. The smallest absolute Gasteiger partial charge is 0.105 e. The molecule has 0 aromatic carbocycles. The molecule has 0 fully saturated rings. The highest BCUT2D eigenvalue weighted by Gasteiger charge is 2.07. The van der Waals surface area contributed by atoms with E-state index in [0.717, 1.165) is 30.3 Å². The van der Waals surface area contributed by atoms with Crippen molar-refractivity contribution in [2.24, 2.45) is 11.7 Å². The van der Waals surface area contributed by atoms with E-state index in [4.69, 9.17) is 10.2 Å². The van der Waals surface area contributed by atoms with Crippen molar-refractivity contribution in [3.8, 4) is 0 Å². The number of rotatable bonds is 5. The monoisotopic (exact) mass is 195 g/mol. The van der Waals surface area contributed by atoms with Gasteiger partial charge in [0.2, 0.25) is 0 Å². The van der Waals surface area contributed by atoms with E-state index in [-0.39, 0.29) is 6.04 Å². The van der Waals surface area contributed by atoms with Gasteiger partial charge in [0.05, 0.1) is 0 Å². The Hall–Kier alpha value is -0.760. The molecule has 1 unspecified atom stereocenters. The van der Waals surface area contributed by atoms with Crippen LogP contribution in [0.3, 0.4) is 0 Å². The molecular formula is C12H21NO. The summed E-state index contributed by atoms with van der Waals surface area (Å²) in [6, 6.07) is 4.25. The number of nitrogens with two attached hydrogens (primary N) is 1. The highest BCUT2D eigenvalue weighted by atomic mass is 16.3. The van der Waals surface area contributed by atoms with Crippen molar-refractivity contribution < 1.29 is 4.42 Å². The molecule has 0 aliphatic rings. The van der Waals surface area contributed by atoms with Crippen LogP contribution in [0.25, 0.3) is 0 Å². The van der Waals surface area contributed by atoms with E-state index >= 15 is 0 Å². The lowest BCUT2D eigenvalue weighted by atomic mass is 10.0. The van der Waals surface area contributed by atoms with Gasteiger partial charge >= 0.3 is 0 Å². The summed E-state index contributed by atoms with van der Waals surface area (Å²) in [5.41, 5.74) is 6.00. The van der Waals surface area contributed by atoms with Gasteiger partial charge in [0.15, 0.2) is 0 Å². The predicted octanol–water partition coefficient (Wildman–Crippen LogP) is 2.89. The van der Waals surface area contributed by atoms with Crippen LogP contribution in [-0.2, 0) is 6.42 Å². The number of furan rings is 1. The van der Waals surface area contributed by atoms with E-state index in [2.05, 4.69) is 13.8 Å².